The molecule has 36 heavy (non-hydrogen) atoms. The van der Waals surface area contributed by atoms with Crippen molar-refractivity contribution in [1.29, 1.82) is 0 Å². The normalized spacial score (nSPS) is 17.2. The molecule has 0 aliphatic carbocycles. The molecule has 0 unspecified atom stereocenters. The average molecular weight is 500 g/mol. The van der Waals surface area contributed by atoms with Crippen molar-refractivity contribution in [3.8, 4) is 11.5 Å². The zero-order valence-corrected chi connectivity index (χ0v) is 21.6. The van der Waals surface area contributed by atoms with E-state index in [2.05, 4.69) is 50.7 Å². The summed E-state index contributed by atoms with van der Waals surface area (Å²) in [7, 11) is 3.31. The number of aryl methyl sites for hydroxylation is 1. The van der Waals surface area contributed by atoms with Crippen LogP contribution in [0.2, 0.25) is 0 Å². The number of aromatic nitrogens is 3. The van der Waals surface area contributed by atoms with Crippen LogP contribution in [0.4, 0.5) is 5.69 Å². The van der Waals surface area contributed by atoms with E-state index in [-0.39, 0.29) is 12.1 Å². The summed E-state index contributed by atoms with van der Waals surface area (Å²) >= 11 is 5.92. The number of nitrogens with one attached hydrogen (secondary N) is 1. The maximum absolute atomic E-state index is 5.92. The highest BCUT2D eigenvalue weighted by molar-refractivity contribution is 7.80. The van der Waals surface area contributed by atoms with Gasteiger partial charge in [-0.1, -0.05) is 12.1 Å². The summed E-state index contributed by atoms with van der Waals surface area (Å²) in [6, 6.07) is 17.8. The van der Waals surface area contributed by atoms with Gasteiger partial charge < -0.3 is 24.3 Å². The van der Waals surface area contributed by atoms with Crippen LogP contribution < -0.4 is 19.7 Å². The molecule has 7 nitrogen and oxygen atoms in total. The van der Waals surface area contributed by atoms with Gasteiger partial charge in [-0.2, -0.15) is 0 Å². The van der Waals surface area contributed by atoms with Gasteiger partial charge in [0, 0.05) is 42.6 Å². The van der Waals surface area contributed by atoms with Crippen molar-refractivity contribution in [2.24, 2.45) is 0 Å². The minimum atomic E-state index is -0.141. The lowest BCUT2D eigenvalue weighted by atomic mass is 9.96. The van der Waals surface area contributed by atoms with Gasteiger partial charge in [0.2, 0.25) is 0 Å². The Balaban J connectivity index is 1.65. The largest absolute Gasteiger partial charge is 0.497 e. The molecule has 1 fully saturated rings. The first-order valence-corrected chi connectivity index (χ1v) is 12.2. The van der Waals surface area contributed by atoms with E-state index in [1.807, 2.05) is 54.9 Å². The third kappa shape index (κ3) is 4.28. The van der Waals surface area contributed by atoms with Crippen LogP contribution in [0.25, 0.3) is 0 Å². The smallest absolute Gasteiger partial charge is 0.174 e. The first-order valence-electron chi connectivity index (χ1n) is 11.8. The number of rotatable bonds is 7. The molecule has 1 aromatic carbocycles. The summed E-state index contributed by atoms with van der Waals surface area (Å²) in [6.07, 6.45) is 5.53. The summed E-state index contributed by atoms with van der Waals surface area (Å²) in [4.78, 5) is 11.1. The lowest BCUT2D eigenvalue weighted by Gasteiger charge is -2.29. The summed E-state index contributed by atoms with van der Waals surface area (Å²) in [5.41, 5.74) is 6.48. The van der Waals surface area contributed by atoms with Gasteiger partial charge in [-0.05, 0) is 73.6 Å². The standard InChI is InChI=1S/C28H29N5O2S/c1-18-14-22(19(2)32(18)17-20-8-7-12-29-16-20)27-26(23-9-5-6-13-30-23)31-28(36)33(27)24-11-10-21(34-3)15-25(24)35-4/h5-16,26-27H,17H2,1-4H3,(H,31,36)/t26-,27+/m0/s1. The zero-order valence-electron chi connectivity index (χ0n) is 20.8. The molecule has 184 valence electrons. The fourth-order valence-corrected chi connectivity index (χ4v) is 5.30. The van der Waals surface area contributed by atoms with E-state index in [9.17, 15) is 0 Å². The van der Waals surface area contributed by atoms with Crippen molar-refractivity contribution in [3.05, 3.63) is 101 Å². The maximum atomic E-state index is 5.92. The van der Waals surface area contributed by atoms with Crippen molar-refractivity contribution >= 4 is 23.0 Å². The van der Waals surface area contributed by atoms with Gasteiger partial charge in [-0.25, -0.2) is 0 Å². The number of nitrogens with zero attached hydrogens (tertiary/aromatic N) is 4. The highest BCUT2D eigenvalue weighted by Crippen LogP contribution is 2.46. The molecule has 2 atom stereocenters. The molecule has 0 bridgehead atoms. The van der Waals surface area contributed by atoms with Crippen LogP contribution >= 0.6 is 12.2 Å². The SMILES string of the molecule is COc1ccc(N2C(=S)N[C@@H](c3ccccn3)[C@H]2c2cc(C)n(Cc3cccnc3)c2C)c(OC)c1. The first kappa shape index (κ1) is 23.8. The third-order valence-corrected chi connectivity index (χ3v) is 7.05. The zero-order chi connectivity index (χ0) is 25.2. The Bertz CT molecular complexity index is 1370. The van der Waals surface area contributed by atoms with Crippen LogP contribution in [0.5, 0.6) is 11.5 Å². The number of anilines is 1. The van der Waals surface area contributed by atoms with Crippen molar-refractivity contribution < 1.29 is 9.47 Å². The molecule has 4 aromatic rings. The molecule has 1 aliphatic heterocycles. The summed E-state index contributed by atoms with van der Waals surface area (Å²) in [5, 5.41) is 4.16. The molecule has 0 spiro atoms. The van der Waals surface area contributed by atoms with Gasteiger partial charge in [0.05, 0.1) is 37.7 Å². The molecular weight excluding hydrogens is 470 g/mol. The predicted molar refractivity (Wildman–Crippen MR) is 145 cm³/mol. The van der Waals surface area contributed by atoms with E-state index < -0.39 is 0 Å². The molecule has 3 aromatic heterocycles. The van der Waals surface area contributed by atoms with E-state index in [0.717, 1.165) is 29.2 Å². The van der Waals surface area contributed by atoms with Crippen molar-refractivity contribution in [3.63, 3.8) is 0 Å². The van der Waals surface area contributed by atoms with Gasteiger partial charge in [0.1, 0.15) is 11.5 Å². The van der Waals surface area contributed by atoms with Gasteiger partial charge in [-0.15, -0.1) is 0 Å². The van der Waals surface area contributed by atoms with Gasteiger partial charge >= 0.3 is 0 Å². The molecule has 5 rings (SSSR count). The Morgan fingerprint density at radius 2 is 1.86 bits per heavy atom. The molecule has 1 saturated heterocycles. The number of benzene rings is 1. The molecule has 0 saturated carbocycles. The van der Waals surface area contributed by atoms with E-state index >= 15 is 0 Å². The number of ether oxygens (including phenoxy) is 2. The van der Waals surface area contributed by atoms with Crippen molar-refractivity contribution in [1.82, 2.24) is 19.9 Å². The third-order valence-electron chi connectivity index (χ3n) is 6.74. The number of methoxy groups -OCH3 is 2. The van der Waals surface area contributed by atoms with E-state index in [1.54, 1.807) is 20.4 Å². The Labute approximate surface area is 216 Å². The topological polar surface area (TPSA) is 64.4 Å². The molecule has 1 N–H and O–H groups in total. The number of hydrogen-bond acceptors (Lipinski definition) is 5. The molecule has 0 amide bonds. The summed E-state index contributed by atoms with van der Waals surface area (Å²) in [6.45, 7) is 5.05. The number of hydrogen-bond donors (Lipinski definition) is 1. The van der Waals surface area contributed by atoms with Crippen LogP contribution in [-0.2, 0) is 6.54 Å². The fourth-order valence-electron chi connectivity index (χ4n) is 4.96. The second-order valence-electron chi connectivity index (χ2n) is 8.81. The molecule has 8 heteroatoms. The Morgan fingerprint density at radius 1 is 1.00 bits per heavy atom. The number of thiocarbonyl (C=S) groups is 1. The van der Waals surface area contributed by atoms with Gasteiger partial charge in [-0.3, -0.25) is 9.97 Å². The Morgan fingerprint density at radius 3 is 2.56 bits per heavy atom. The lowest BCUT2D eigenvalue weighted by molar-refractivity contribution is 0.394. The molecular formula is C28H29N5O2S. The highest BCUT2D eigenvalue weighted by atomic mass is 32.1. The predicted octanol–water partition coefficient (Wildman–Crippen LogP) is 5.14. The fraction of sp³-hybridized carbons (Fsp3) is 0.250. The maximum Gasteiger partial charge on any atom is 0.174 e. The van der Waals surface area contributed by atoms with E-state index in [1.165, 1.54) is 17.0 Å². The van der Waals surface area contributed by atoms with E-state index in [0.29, 0.717) is 10.9 Å². The van der Waals surface area contributed by atoms with Crippen LogP contribution in [0.1, 0.15) is 40.3 Å². The van der Waals surface area contributed by atoms with E-state index in [4.69, 9.17) is 21.7 Å². The van der Waals surface area contributed by atoms with Crippen molar-refractivity contribution in [2.45, 2.75) is 32.5 Å². The second-order valence-corrected chi connectivity index (χ2v) is 9.19. The van der Waals surface area contributed by atoms with Crippen LogP contribution in [0, 0.1) is 13.8 Å². The Kier molecular flexibility index (Phi) is 6.61. The van der Waals surface area contributed by atoms with Crippen LogP contribution in [-0.4, -0.2) is 33.9 Å². The summed E-state index contributed by atoms with van der Waals surface area (Å²) < 4.78 is 13.5. The number of pyridine rings is 2. The average Bonchev–Trinajstić information content (AvgIpc) is 3.40. The van der Waals surface area contributed by atoms with Crippen molar-refractivity contribution in [2.75, 3.05) is 19.1 Å². The monoisotopic (exact) mass is 499 g/mol. The minimum absolute atomic E-state index is 0.136. The van der Waals surface area contributed by atoms with Gasteiger partial charge in [0.15, 0.2) is 5.11 Å². The Hall–Kier alpha value is -3.91. The van der Waals surface area contributed by atoms with Crippen LogP contribution in [0.15, 0.2) is 73.2 Å². The first-order chi connectivity index (χ1) is 17.5. The lowest BCUT2D eigenvalue weighted by Crippen LogP contribution is -2.30. The molecule has 0 radical (unpaired) electrons. The molecule has 4 heterocycles. The van der Waals surface area contributed by atoms with Crippen LogP contribution in [0.3, 0.4) is 0 Å². The quantitative estimate of drug-likeness (QED) is 0.353. The minimum Gasteiger partial charge on any atom is -0.497 e. The highest BCUT2D eigenvalue weighted by Gasteiger charge is 2.43. The second kappa shape index (κ2) is 9.99. The van der Waals surface area contributed by atoms with Gasteiger partial charge in [0.25, 0.3) is 0 Å². The molecule has 1 aliphatic rings. The summed E-state index contributed by atoms with van der Waals surface area (Å²) in [5.74, 6) is 1.41.